The SMILES string of the molecule is Cc1ccccc1N=C1NC(=O)/C(=C\c2cn(CCC#N)c3ccccc23)S1. The molecule has 6 heteroatoms. The minimum absolute atomic E-state index is 0.147. The van der Waals surface area contributed by atoms with Crippen LogP contribution in [0.5, 0.6) is 0 Å². The first-order valence-corrected chi connectivity index (χ1v) is 9.77. The van der Waals surface area contributed by atoms with Crippen molar-refractivity contribution in [3.8, 4) is 6.07 Å². The van der Waals surface area contributed by atoms with Crippen LogP contribution in [0.4, 0.5) is 5.69 Å². The Kier molecular flexibility index (Phi) is 5.00. The zero-order chi connectivity index (χ0) is 19.5. The summed E-state index contributed by atoms with van der Waals surface area (Å²) in [4.78, 5) is 17.6. The number of para-hydroxylation sites is 2. The molecule has 0 radical (unpaired) electrons. The molecule has 0 atom stereocenters. The molecule has 1 aromatic heterocycles. The van der Waals surface area contributed by atoms with Crippen molar-refractivity contribution in [2.75, 3.05) is 0 Å². The van der Waals surface area contributed by atoms with Gasteiger partial charge < -0.3 is 9.88 Å². The predicted molar refractivity (Wildman–Crippen MR) is 114 cm³/mol. The molecule has 4 rings (SSSR count). The van der Waals surface area contributed by atoms with E-state index in [2.05, 4.69) is 20.9 Å². The van der Waals surface area contributed by atoms with E-state index < -0.39 is 0 Å². The highest BCUT2D eigenvalue weighted by atomic mass is 32.2. The molecule has 0 unspecified atom stereocenters. The van der Waals surface area contributed by atoms with E-state index in [9.17, 15) is 4.79 Å². The van der Waals surface area contributed by atoms with E-state index in [-0.39, 0.29) is 5.91 Å². The summed E-state index contributed by atoms with van der Waals surface area (Å²) in [6, 6.07) is 18.0. The zero-order valence-electron chi connectivity index (χ0n) is 15.3. The van der Waals surface area contributed by atoms with E-state index in [0.717, 1.165) is 27.7 Å². The van der Waals surface area contributed by atoms with Crippen LogP contribution >= 0.6 is 11.8 Å². The third kappa shape index (κ3) is 3.57. The summed E-state index contributed by atoms with van der Waals surface area (Å²) in [6.45, 7) is 2.62. The maximum absolute atomic E-state index is 12.4. The molecule has 28 heavy (non-hydrogen) atoms. The fraction of sp³-hybridized carbons (Fsp3) is 0.136. The Morgan fingerprint density at radius 2 is 2.00 bits per heavy atom. The number of rotatable bonds is 4. The quantitative estimate of drug-likeness (QED) is 0.658. The summed E-state index contributed by atoms with van der Waals surface area (Å²) in [5, 5.41) is 13.4. The lowest BCUT2D eigenvalue weighted by atomic mass is 10.1. The van der Waals surface area contributed by atoms with Crippen molar-refractivity contribution in [3.63, 3.8) is 0 Å². The van der Waals surface area contributed by atoms with Gasteiger partial charge in [0.1, 0.15) is 0 Å². The van der Waals surface area contributed by atoms with Gasteiger partial charge in [-0.3, -0.25) is 4.79 Å². The van der Waals surface area contributed by atoms with Gasteiger partial charge in [0.2, 0.25) is 0 Å². The van der Waals surface area contributed by atoms with Crippen LogP contribution < -0.4 is 5.32 Å². The lowest BCUT2D eigenvalue weighted by Crippen LogP contribution is -2.19. The second-order valence-corrected chi connectivity index (χ2v) is 7.50. The van der Waals surface area contributed by atoms with Crippen LogP contribution in [0.3, 0.4) is 0 Å². The number of aromatic nitrogens is 1. The molecule has 0 aliphatic carbocycles. The van der Waals surface area contributed by atoms with Crippen molar-refractivity contribution in [2.45, 2.75) is 19.9 Å². The van der Waals surface area contributed by atoms with Crippen LogP contribution in [0.1, 0.15) is 17.5 Å². The van der Waals surface area contributed by atoms with E-state index in [4.69, 9.17) is 5.26 Å². The van der Waals surface area contributed by atoms with Crippen molar-refractivity contribution >= 4 is 45.5 Å². The maximum Gasteiger partial charge on any atom is 0.264 e. The highest BCUT2D eigenvalue weighted by Gasteiger charge is 2.24. The molecule has 1 amide bonds. The Balaban J connectivity index is 1.67. The third-order valence-electron chi connectivity index (χ3n) is 4.56. The molecule has 5 nitrogen and oxygen atoms in total. The molecular formula is C22H18N4OS. The van der Waals surface area contributed by atoms with Crippen LogP contribution in [-0.4, -0.2) is 15.6 Å². The van der Waals surface area contributed by atoms with Crippen LogP contribution in [0, 0.1) is 18.3 Å². The first-order chi connectivity index (χ1) is 13.7. The third-order valence-corrected chi connectivity index (χ3v) is 5.47. The van der Waals surface area contributed by atoms with Crippen molar-refractivity contribution < 1.29 is 4.79 Å². The molecule has 1 N–H and O–H groups in total. The van der Waals surface area contributed by atoms with Crippen molar-refractivity contribution in [1.29, 1.82) is 5.26 Å². The lowest BCUT2D eigenvalue weighted by molar-refractivity contribution is -0.115. The van der Waals surface area contributed by atoms with Gasteiger partial charge in [0.15, 0.2) is 5.17 Å². The smallest absolute Gasteiger partial charge is 0.264 e. The number of benzene rings is 2. The first kappa shape index (κ1) is 18.1. The molecular weight excluding hydrogens is 368 g/mol. The average Bonchev–Trinajstić information content (AvgIpc) is 3.22. The molecule has 1 aliphatic heterocycles. The lowest BCUT2D eigenvalue weighted by Gasteiger charge is -2.00. The fourth-order valence-corrected chi connectivity index (χ4v) is 3.99. The Morgan fingerprint density at radius 1 is 1.21 bits per heavy atom. The number of hydrogen-bond acceptors (Lipinski definition) is 4. The number of aryl methyl sites for hydroxylation is 2. The van der Waals surface area contributed by atoms with Gasteiger partial charge in [-0.25, -0.2) is 4.99 Å². The Hall–Kier alpha value is -3.30. The number of nitrogens with one attached hydrogen (secondary N) is 1. The number of nitriles is 1. The van der Waals surface area contributed by atoms with Crippen LogP contribution in [0.15, 0.2) is 64.6 Å². The highest BCUT2D eigenvalue weighted by Crippen LogP contribution is 2.31. The molecule has 0 spiro atoms. The summed E-state index contributed by atoms with van der Waals surface area (Å²) in [5.74, 6) is -0.147. The van der Waals surface area contributed by atoms with Gasteiger partial charge in [0, 0.05) is 29.2 Å². The zero-order valence-corrected chi connectivity index (χ0v) is 16.2. The standard InChI is InChI=1S/C22H18N4OS/c1-15-7-2-4-9-18(15)24-22-25-21(27)20(28-22)13-16-14-26(12-6-11-23)19-10-5-3-8-17(16)19/h2-5,7-10,13-14H,6,12H2,1H3,(H,24,25,27)/b20-13+. The molecule has 3 aromatic rings. The number of thioether (sulfide) groups is 1. The Labute approximate surface area is 167 Å². The molecule has 2 aromatic carbocycles. The van der Waals surface area contributed by atoms with E-state index in [1.54, 1.807) is 0 Å². The van der Waals surface area contributed by atoms with Gasteiger partial charge in [0.25, 0.3) is 5.91 Å². The summed E-state index contributed by atoms with van der Waals surface area (Å²) in [5.41, 5.74) is 3.92. The minimum Gasteiger partial charge on any atom is -0.346 e. The minimum atomic E-state index is -0.147. The fourth-order valence-electron chi connectivity index (χ4n) is 3.17. The number of nitrogens with zero attached hydrogens (tertiary/aromatic N) is 3. The summed E-state index contributed by atoms with van der Waals surface area (Å²) in [6.07, 6.45) is 4.34. The number of aliphatic imine (C=N–C) groups is 1. The molecule has 2 heterocycles. The van der Waals surface area contributed by atoms with E-state index in [1.165, 1.54) is 11.8 Å². The number of amidine groups is 1. The number of fused-ring (bicyclic) bond motifs is 1. The van der Waals surface area contributed by atoms with Crippen LogP contribution in [0.25, 0.3) is 17.0 Å². The van der Waals surface area contributed by atoms with Gasteiger partial charge in [-0.05, 0) is 42.5 Å². The van der Waals surface area contributed by atoms with E-state index in [0.29, 0.717) is 23.0 Å². The van der Waals surface area contributed by atoms with E-state index in [1.807, 2.05) is 67.7 Å². The molecule has 1 saturated heterocycles. The molecule has 0 bridgehead atoms. The number of hydrogen-bond donors (Lipinski definition) is 1. The largest absolute Gasteiger partial charge is 0.346 e. The van der Waals surface area contributed by atoms with Gasteiger partial charge in [-0.1, -0.05) is 36.4 Å². The van der Waals surface area contributed by atoms with Crippen molar-refractivity contribution in [3.05, 3.63) is 70.8 Å². The topological polar surface area (TPSA) is 70.2 Å². The Morgan fingerprint density at radius 3 is 2.82 bits per heavy atom. The van der Waals surface area contributed by atoms with Gasteiger partial charge in [-0.2, -0.15) is 5.26 Å². The Bertz CT molecular complexity index is 1170. The van der Waals surface area contributed by atoms with Crippen molar-refractivity contribution in [2.24, 2.45) is 4.99 Å². The molecule has 1 fully saturated rings. The van der Waals surface area contributed by atoms with Crippen molar-refractivity contribution in [1.82, 2.24) is 9.88 Å². The molecule has 138 valence electrons. The number of carbonyl (C=O) groups is 1. The van der Waals surface area contributed by atoms with Gasteiger partial charge >= 0.3 is 0 Å². The van der Waals surface area contributed by atoms with Crippen LogP contribution in [0.2, 0.25) is 0 Å². The predicted octanol–water partition coefficient (Wildman–Crippen LogP) is 4.76. The first-order valence-electron chi connectivity index (χ1n) is 8.96. The van der Waals surface area contributed by atoms with E-state index >= 15 is 0 Å². The highest BCUT2D eigenvalue weighted by molar-refractivity contribution is 8.18. The summed E-state index contributed by atoms with van der Waals surface area (Å²) in [7, 11) is 0. The van der Waals surface area contributed by atoms with Gasteiger partial charge in [-0.15, -0.1) is 0 Å². The normalized spacial score (nSPS) is 16.6. The summed E-state index contributed by atoms with van der Waals surface area (Å²) >= 11 is 1.34. The maximum atomic E-state index is 12.4. The second-order valence-electron chi connectivity index (χ2n) is 6.47. The second kappa shape index (κ2) is 7.75. The number of amides is 1. The monoisotopic (exact) mass is 386 g/mol. The average molecular weight is 386 g/mol. The number of carbonyl (C=O) groups excluding carboxylic acids is 1. The molecule has 1 aliphatic rings. The van der Waals surface area contributed by atoms with Crippen LogP contribution in [-0.2, 0) is 11.3 Å². The van der Waals surface area contributed by atoms with Gasteiger partial charge in [0.05, 0.1) is 23.1 Å². The molecule has 0 saturated carbocycles. The summed E-state index contributed by atoms with van der Waals surface area (Å²) < 4.78 is 2.06.